The Morgan fingerprint density at radius 1 is 1.09 bits per heavy atom. The van der Waals surface area contributed by atoms with E-state index in [1.54, 1.807) is 29.5 Å². The maximum Gasteiger partial charge on any atom is 0.503 e. The van der Waals surface area contributed by atoms with Crippen molar-refractivity contribution < 1.29 is 44.6 Å². The molecule has 1 saturated carbocycles. The van der Waals surface area contributed by atoms with Crippen molar-refractivity contribution in [2.45, 2.75) is 50.1 Å². The normalized spacial score (nSPS) is 22.4. The maximum atomic E-state index is 12.1. The van der Waals surface area contributed by atoms with E-state index in [0.29, 0.717) is 19.4 Å². The van der Waals surface area contributed by atoms with E-state index in [0.717, 1.165) is 18.4 Å². The molecule has 1 heterocycles. The van der Waals surface area contributed by atoms with Crippen molar-refractivity contribution in [2.24, 2.45) is 0 Å². The van der Waals surface area contributed by atoms with Gasteiger partial charge in [-0.2, -0.15) is 11.3 Å². The quantitative estimate of drug-likeness (QED) is 0.218. The Morgan fingerprint density at radius 2 is 1.79 bits per heavy atom. The van der Waals surface area contributed by atoms with E-state index in [1.165, 1.54) is 23.8 Å². The van der Waals surface area contributed by atoms with Crippen molar-refractivity contribution >= 4 is 29.5 Å². The molecule has 9 nitrogen and oxygen atoms in total. The Hall–Kier alpha value is -2.92. The number of aromatic hydroxyl groups is 1. The fourth-order valence-electron chi connectivity index (χ4n) is 3.30. The number of aliphatic hydroxyl groups is 2. The van der Waals surface area contributed by atoms with Crippen LogP contribution in [0.5, 0.6) is 5.75 Å². The molecule has 33 heavy (non-hydrogen) atoms. The SMILES string of the molecule is O=C(/C=C/c1ccc(O)cc1)O[C@@H]1C[C@@H](OCCCc2ccsc2)C[C@H](O)[C@H]1O.O=C(O)O. The van der Waals surface area contributed by atoms with Crippen LogP contribution in [0.15, 0.2) is 47.2 Å². The number of carbonyl (C=O) groups is 2. The highest BCUT2D eigenvalue weighted by Gasteiger charge is 2.38. The number of hydrogen-bond acceptors (Lipinski definition) is 8. The number of aliphatic hydroxyl groups excluding tert-OH is 2. The number of carboxylic acid groups (broad SMARTS) is 2. The second kappa shape index (κ2) is 13.6. The number of esters is 1. The molecule has 10 heteroatoms. The second-order valence-electron chi connectivity index (χ2n) is 7.44. The number of thiophene rings is 1. The molecule has 1 aliphatic carbocycles. The van der Waals surface area contributed by atoms with Crippen LogP contribution < -0.4 is 0 Å². The summed E-state index contributed by atoms with van der Waals surface area (Å²) in [6, 6.07) is 8.46. The molecule has 1 aromatic heterocycles. The summed E-state index contributed by atoms with van der Waals surface area (Å²) in [5.41, 5.74) is 2.01. The van der Waals surface area contributed by atoms with Gasteiger partial charge in [-0.25, -0.2) is 9.59 Å². The van der Waals surface area contributed by atoms with E-state index in [-0.39, 0.29) is 11.9 Å². The summed E-state index contributed by atoms with van der Waals surface area (Å²) < 4.78 is 11.2. The van der Waals surface area contributed by atoms with Crippen LogP contribution in [0, 0.1) is 0 Å². The van der Waals surface area contributed by atoms with Gasteiger partial charge in [0.05, 0.1) is 12.2 Å². The summed E-state index contributed by atoms with van der Waals surface area (Å²) in [5.74, 6) is -0.460. The molecular formula is C23H28O9S. The van der Waals surface area contributed by atoms with Crippen LogP contribution in [0.1, 0.15) is 30.4 Å². The molecule has 180 valence electrons. The molecule has 5 N–H and O–H groups in total. The minimum atomic E-state index is -1.83. The van der Waals surface area contributed by atoms with E-state index >= 15 is 0 Å². The van der Waals surface area contributed by atoms with E-state index in [2.05, 4.69) is 11.4 Å². The largest absolute Gasteiger partial charge is 0.508 e. The summed E-state index contributed by atoms with van der Waals surface area (Å²) >= 11 is 1.67. The van der Waals surface area contributed by atoms with Crippen molar-refractivity contribution in [1.29, 1.82) is 0 Å². The van der Waals surface area contributed by atoms with Crippen LogP contribution in [-0.2, 0) is 20.7 Å². The number of ether oxygens (including phenoxy) is 2. The van der Waals surface area contributed by atoms with Gasteiger partial charge in [0.15, 0.2) is 0 Å². The van der Waals surface area contributed by atoms with Crippen molar-refractivity contribution in [3.8, 4) is 5.75 Å². The van der Waals surface area contributed by atoms with E-state index < -0.39 is 30.4 Å². The average molecular weight is 481 g/mol. The van der Waals surface area contributed by atoms with Crippen molar-refractivity contribution in [1.82, 2.24) is 0 Å². The molecule has 1 aliphatic rings. The van der Waals surface area contributed by atoms with Gasteiger partial charge in [-0.05, 0) is 59.0 Å². The molecule has 1 fully saturated rings. The molecule has 2 aromatic rings. The number of carbonyl (C=O) groups excluding carboxylic acids is 1. The molecule has 0 unspecified atom stereocenters. The zero-order chi connectivity index (χ0) is 24.2. The first-order chi connectivity index (χ1) is 15.7. The third-order valence-corrected chi connectivity index (χ3v) is 5.62. The molecule has 0 aliphatic heterocycles. The fourth-order valence-corrected chi connectivity index (χ4v) is 4.01. The Labute approximate surface area is 195 Å². The first-order valence-electron chi connectivity index (χ1n) is 10.3. The summed E-state index contributed by atoms with van der Waals surface area (Å²) in [5, 5.41) is 47.7. The Kier molecular flexibility index (Phi) is 10.8. The minimum Gasteiger partial charge on any atom is -0.508 e. The van der Waals surface area contributed by atoms with Gasteiger partial charge in [0.2, 0.25) is 0 Å². The van der Waals surface area contributed by atoms with Gasteiger partial charge in [0.1, 0.15) is 18.0 Å². The Morgan fingerprint density at radius 3 is 2.42 bits per heavy atom. The molecule has 0 amide bonds. The fraction of sp³-hybridized carbons (Fsp3) is 0.391. The number of aryl methyl sites for hydroxylation is 1. The topological polar surface area (TPSA) is 154 Å². The van der Waals surface area contributed by atoms with E-state index in [4.69, 9.17) is 24.5 Å². The number of phenolic OH excluding ortho intramolecular Hbond substituents is 1. The number of rotatable bonds is 8. The van der Waals surface area contributed by atoms with Gasteiger partial charge in [-0.15, -0.1) is 0 Å². The Bertz CT molecular complexity index is 876. The summed E-state index contributed by atoms with van der Waals surface area (Å²) in [7, 11) is 0. The Balaban J connectivity index is 0.000000890. The number of hydrogen-bond donors (Lipinski definition) is 5. The summed E-state index contributed by atoms with van der Waals surface area (Å²) in [4.78, 5) is 20.7. The van der Waals surface area contributed by atoms with Crippen molar-refractivity contribution in [3.05, 3.63) is 58.3 Å². The minimum absolute atomic E-state index is 0.144. The summed E-state index contributed by atoms with van der Waals surface area (Å²) in [6.07, 6.45) is 0.228. The van der Waals surface area contributed by atoms with Crippen LogP contribution in [0.2, 0.25) is 0 Å². The van der Waals surface area contributed by atoms with Crippen LogP contribution in [-0.4, -0.2) is 68.7 Å². The standard InChI is InChI=1S/C22H26O6S.CH2O3/c23-17-6-3-15(4-7-17)5-8-21(25)28-20-13-18(12-19(24)22(20)26)27-10-1-2-16-9-11-29-14-16;2-1(3)4/h3-9,11,14,18-20,22-24,26H,1-2,10,12-13H2;(H2,2,3,4)/b8-5+;/t18-,19-,20+,22+;/m0./s1. The molecule has 4 atom stereocenters. The zero-order valence-corrected chi connectivity index (χ0v) is 18.6. The highest BCUT2D eigenvalue weighted by atomic mass is 32.1. The predicted molar refractivity (Wildman–Crippen MR) is 121 cm³/mol. The van der Waals surface area contributed by atoms with Crippen molar-refractivity contribution in [3.63, 3.8) is 0 Å². The maximum absolute atomic E-state index is 12.1. The predicted octanol–water partition coefficient (Wildman–Crippen LogP) is 3.13. The monoisotopic (exact) mass is 480 g/mol. The van der Waals surface area contributed by atoms with Crippen LogP contribution in [0.4, 0.5) is 4.79 Å². The first-order valence-corrected chi connectivity index (χ1v) is 11.3. The number of phenols is 1. The van der Waals surface area contributed by atoms with E-state index in [9.17, 15) is 20.1 Å². The average Bonchev–Trinajstić information content (AvgIpc) is 3.27. The molecule has 3 rings (SSSR count). The van der Waals surface area contributed by atoms with Gasteiger partial charge in [0.25, 0.3) is 0 Å². The van der Waals surface area contributed by atoms with Gasteiger partial charge in [-0.1, -0.05) is 12.1 Å². The molecule has 0 bridgehead atoms. The highest BCUT2D eigenvalue weighted by Crippen LogP contribution is 2.25. The summed E-state index contributed by atoms with van der Waals surface area (Å²) in [6.45, 7) is 0.546. The van der Waals surface area contributed by atoms with Crippen molar-refractivity contribution in [2.75, 3.05) is 6.61 Å². The van der Waals surface area contributed by atoms with Gasteiger partial charge >= 0.3 is 12.1 Å². The molecule has 1 aromatic carbocycles. The molecular weight excluding hydrogens is 452 g/mol. The lowest BCUT2D eigenvalue weighted by molar-refractivity contribution is -0.170. The molecule has 0 saturated heterocycles. The molecule has 0 spiro atoms. The molecule has 0 radical (unpaired) electrons. The second-order valence-corrected chi connectivity index (χ2v) is 8.22. The number of benzene rings is 1. The van der Waals surface area contributed by atoms with Crippen LogP contribution >= 0.6 is 11.3 Å². The zero-order valence-electron chi connectivity index (χ0n) is 17.8. The van der Waals surface area contributed by atoms with Gasteiger partial charge in [0, 0.05) is 25.5 Å². The third-order valence-electron chi connectivity index (χ3n) is 4.89. The smallest absolute Gasteiger partial charge is 0.503 e. The lowest BCUT2D eigenvalue weighted by Gasteiger charge is -2.36. The lowest BCUT2D eigenvalue weighted by atomic mass is 9.89. The third kappa shape index (κ3) is 10.0. The lowest BCUT2D eigenvalue weighted by Crippen LogP contribution is -2.48. The van der Waals surface area contributed by atoms with E-state index in [1.807, 2.05) is 5.38 Å². The first kappa shape index (κ1) is 26.3. The van der Waals surface area contributed by atoms with Gasteiger partial charge in [-0.3, -0.25) is 0 Å². The van der Waals surface area contributed by atoms with Crippen LogP contribution in [0.25, 0.3) is 6.08 Å². The highest BCUT2D eigenvalue weighted by molar-refractivity contribution is 7.07. The van der Waals surface area contributed by atoms with Crippen LogP contribution in [0.3, 0.4) is 0 Å². The van der Waals surface area contributed by atoms with Gasteiger partial charge < -0.3 is 35.0 Å².